The van der Waals surface area contributed by atoms with Crippen LogP contribution in [0.25, 0.3) is 0 Å². The van der Waals surface area contributed by atoms with Crippen molar-refractivity contribution in [2.24, 2.45) is 23.2 Å². The van der Waals surface area contributed by atoms with Crippen LogP contribution in [-0.4, -0.2) is 13.1 Å². The maximum atomic E-state index is 8.80. The Bertz CT molecular complexity index is 477. The first-order chi connectivity index (χ1) is 8.50. The van der Waals surface area contributed by atoms with E-state index in [1.54, 1.807) is 0 Å². The highest BCUT2D eigenvalue weighted by Crippen LogP contribution is 2.60. The summed E-state index contributed by atoms with van der Waals surface area (Å²) >= 11 is 0. The summed E-state index contributed by atoms with van der Waals surface area (Å²) in [6.45, 7) is 9.48. The normalized spacial score (nSPS) is 29.9. The van der Waals surface area contributed by atoms with Crippen molar-refractivity contribution >= 4 is 5.69 Å². The third-order valence-corrected chi connectivity index (χ3v) is 4.56. The van der Waals surface area contributed by atoms with E-state index in [0.29, 0.717) is 5.41 Å². The number of piperidine rings is 1. The number of anilines is 1. The van der Waals surface area contributed by atoms with Gasteiger partial charge in [0, 0.05) is 18.8 Å². The molecule has 3 rings (SSSR count). The molecule has 1 saturated carbocycles. The third kappa shape index (κ3) is 1.79. The van der Waals surface area contributed by atoms with Crippen LogP contribution in [0.4, 0.5) is 5.69 Å². The Hall–Kier alpha value is -1.49. The second-order valence-corrected chi connectivity index (χ2v) is 6.78. The minimum atomic E-state index is 0.464. The Balaban J connectivity index is 1.67. The zero-order chi connectivity index (χ0) is 12.9. The van der Waals surface area contributed by atoms with Crippen molar-refractivity contribution in [3.8, 4) is 6.07 Å². The predicted octanol–water partition coefficient (Wildman–Crippen LogP) is 3.29. The number of benzene rings is 1. The lowest BCUT2D eigenvalue weighted by molar-refractivity contribution is 0.309. The summed E-state index contributed by atoms with van der Waals surface area (Å²) in [5.74, 6) is 2.69. The largest absolute Gasteiger partial charge is 0.371 e. The summed E-state index contributed by atoms with van der Waals surface area (Å²) in [6.07, 6.45) is 0. The van der Waals surface area contributed by atoms with Gasteiger partial charge in [0.1, 0.15) is 0 Å². The van der Waals surface area contributed by atoms with Crippen molar-refractivity contribution in [3.63, 3.8) is 0 Å². The average Bonchev–Trinajstić information content (AvgIpc) is 2.87. The van der Waals surface area contributed by atoms with Crippen molar-refractivity contribution in [3.05, 3.63) is 29.8 Å². The Morgan fingerprint density at radius 1 is 1.11 bits per heavy atom. The van der Waals surface area contributed by atoms with Gasteiger partial charge in [-0.25, -0.2) is 0 Å². The van der Waals surface area contributed by atoms with Crippen LogP contribution in [0.5, 0.6) is 0 Å². The van der Waals surface area contributed by atoms with E-state index in [-0.39, 0.29) is 0 Å². The Labute approximate surface area is 109 Å². The van der Waals surface area contributed by atoms with Crippen LogP contribution in [0.2, 0.25) is 0 Å². The Kier molecular flexibility index (Phi) is 2.41. The fourth-order valence-electron chi connectivity index (χ4n) is 3.77. The van der Waals surface area contributed by atoms with Crippen molar-refractivity contribution in [1.82, 2.24) is 0 Å². The van der Waals surface area contributed by atoms with Gasteiger partial charge >= 0.3 is 0 Å². The molecule has 2 fully saturated rings. The molecular formula is C16H20N2. The molecule has 2 unspecified atom stereocenters. The van der Waals surface area contributed by atoms with E-state index in [2.05, 4.69) is 43.9 Å². The molecule has 0 N–H and O–H groups in total. The maximum Gasteiger partial charge on any atom is 0.0991 e. The van der Waals surface area contributed by atoms with Gasteiger partial charge in [0.25, 0.3) is 0 Å². The molecule has 0 aromatic heterocycles. The molecule has 18 heavy (non-hydrogen) atoms. The molecule has 2 heteroatoms. The molecule has 1 aliphatic heterocycles. The van der Waals surface area contributed by atoms with Crippen LogP contribution < -0.4 is 4.90 Å². The van der Waals surface area contributed by atoms with Crippen molar-refractivity contribution in [2.45, 2.75) is 20.8 Å². The molecule has 0 bridgehead atoms. The van der Waals surface area contributed by atoms with Gasteiger partial charge in [-0.05, 0) is 47.4 Å². The molecule has 2 atom stereocenters. The van der Waals surface area contributed by atoms with Gasteiger partial charge in [-0.15, -0.1) is 0 Å². The molecule has 0 radical (unpaired) electrons. The second-order valence-electron chi connectivity index (χ2n) is 6.78. The molecular weight excluding hydrogens is 220 g/mol. The van der Waals surface area contributed by atoms with E-state index in [1.807, 2.05) is 12.1 Å². The smallest absolute Gasteiger partial charge is 0.0991 e. The lowest BCUT2D eigenvalue weighted by atomic mass is 9.87. The number of hydrogen-bond donors (Lipinski definition) is 0. The molecule has 1 saturated heterocycles. The molecule has 0 amide bonds. The number of nitrogens with zero attached hydrogens (tertiary/aromatic N) is 2. The average molecular weight is 240 g/mol. The highest BCUT2D eigenvalue weighted by atomic mass is 15.2. The third-order valence-electron chi connectivity index (χ3n) is 4.56. The van der Waals surface area contributed by atoms with E-state index in [4.69, 9.17) is 5.26 Å². The quantitative estimate of drug-likeness (QED) is 0.753. The first-order valence-corrected chi connectivity index (χ1v) is 6.76. The topological polar surface area (TPSA) is 27.0 Å². The highest BCUT2D eigenvalue weighted by Gasteiger charge is 2.59. The fourth-order valence-corrected chi connectivity index (χ4v) is 3.77. The molecule has 2 nitrogen and oxygen atoms in total. The van der Waals surface area contributed by atoms with Crippen LogP contribution in [-0.2, 0) is 0 Å². The van der Waals surface area contributed by atoms with E-state index in [0.717, 1.165) is 23.3 Å². The first-order valence-electron chi connectivity index (χ1n) is 6.76. The maximum absolute atomic E-state index is 8.80. The molecule has 94 valence electrons. The summed E-state index contributed by atoms with van der Waals surface area (Å²) < 4.78 is 0. The van der Waals surface area contributed by atoms with Crippen molar-refractivity contribution in [1.29, 1.82) is 5.26 Å². The highest BCUT2D eigenvalue weighted by molar-refractivity contribution is 5.51. The van der Waals surface area contributed by atoms with Gasteiger partial charge in [-0.1, -0.05) is 20.8 Å². The van der Waals surface area contributed by atoms with Crippen LogP contribution >= 0.6 is 0 Å². The zero-order valence-electron chi connectivity index (χ0n) is 11.4. The van der Waals surface area contributed by atoms with Gasteiger partial charge in [0.2, 0.25) is 0 Å². The molecule has 1 aliphatic carbocycles. The minimum Gasteiger partial charge on any atom is -0.371 e. The van der Waals surface area contributed by atoms with Crippen LogP contribution in [0, 0.1) is 34.5 Å². The van der Waals surface area contributed by atoms with E-state index < -0.39 is 0 Å². The summed E-state index contributed by atoms with van der Waals surface area (Å²) in [5.41, 5.74) is 2.48. The SMILES string of the molecule is CC(C)(C)C1C2CN(c3ccc(C#N)cc3)CC21. The number of hydrogen-bond acceptors (Lipinski definition) is 2. The van der Waals surface area contributed by atoms with Crippen LogP contribution in [0.15, 0.2) is 24.3 Å². The fraction of sp³-hybridized carbons (Fsp3) is 0.562. The minimum absolute atomic E-state index is 0.464. The monoisotopic (exact) mass is 240 g/mol. The Morgan fingerprint density at radius 3 is 2.11 bits per heavy atom. The second kappa shape index (κ2) is 3.75. The zero-order valence-corrected chi connectivity index (χ0v) is 11.4. The predicted molar refractivity (Wildman–Crippen MR) is 73.3 cm³/mol. The van der Waals surface area contributed by atoms with Crippen LogP contribution in [0.3, 0.4) is 0 Å². The molecule has 1 aromatic carbocycles. The summed E-state index contributed by atoms with van der Waals surface area (Å²) in [5, 5.41) is 8.80. The molecule has 1 aromatic rings. The summed E-state index contributed by atoms with van der Waals surface area (Å²) in [6, 6.07) is 10.2. The lowest BCUT2D eigenvalue weighted by Crippen LogP contribution is -2.27. The summed E-state index contributed by atoms with van der Waals surface area (Å²) in [7, 11) is 0. The Morgan fingerprint density at radius 2 is 1.67 bits per heavy atom. The van der Waals surface area contributed by atoms with E-state index in [1.165, 1.54) is 18.8 Å². The first kappa shape index (κ1) is 11.6. The van der Waals surface area contributed by atoms with Crippen LogP contribution in [0.1, 0.15) is 26.3 Å². The number of rotatable bonds is 1. The van der Waals surface area contributed by atoms with Gasteiger partial charge < -0.3 is 4.90 Å². The van der Waals surface area contributed by atoms with Crippen molar-refractivity contribution in [2.75, 3.05) is 18.0 Å². The van der Waals surface area contributed by atoms with Gasteiger partial charge in [-0.2, -0.15) is 5.26 Å². The molecule has 1 heterocycles. The molecule has 2 aliphatic rings. The van der Waals surface area contributed by atoms with Gasteiger partial charge in [-0.3, -0.25) is 0 Å². The standard InChI is InChI=1S/C16H20N2/c1-16(2,3)15-13-9-18(10-14(13)15)12-6-4-11(8-17)5-7-12/h4-7,13-15H,9-10H2,1-3H3. The van der Waals surface area contributed by atoms with E-state index >= 15 is 0 Å². The number of fused-ring (bicyclic) bond motifs is 1. The summed E-state index contributed by atoms with van der Waals surface area (Å²) in [4.78, 5) is 2.47. The van der Waals surface area contributed by atoms with Crippen molar-refractivity contribution < 1.29 is 0 Å². The van der Waals surface area contributed by atoms with Gasteiger partial charge in [0.05, 0.1) is 11.6 Å². The molecule has 0 spiro atoms. The van der Waals surface area contributed by atoms with Gasteiger partial charge in [0.15, 0.2) is 0 Å². The van der Waals surface area contributed by atoms with E-state index in [9.17, 15) is 0 Å². The number of nitriles is 1. The lowest BCUT2D eigenvalue weighted by Gasteiger charge is -2.27.